The van der Waals surface area contributed by atoms with Gasteiger partial charge in [0.1, 0.15) is 0 Å². The van der Waals surface area contributed by atoms with E-state index in [1.807, 2.05) is 0 Å². The summed E-state index contributed by atoms with van der Waals surface area (Å²) in [5.41, 5.74) is -0.864. The minimum absolute atomic E-state index is 0.0426. The standard InChI is InChI=1S/C16H28N2O4/c1-16(2,15(21)22)8-9-17-14(20)11-18-13(19)10-12-6-4-3-5-7-12/h12H,3-11H2,1-2H3,(H,17,20)(H,18,19)(H,21,22). The summed E-state index contributed by atoms with van der Waals surface area (Å²) in [6.45, 7) is 3.48. The molecule has 126 valence electrons. The van der Waals surface area contributed by atoms with Crippen molar-refractivity contribution in [1.82, 2.24) is 10.6 Å². The monoisotopic (exact) mass is 312 g/mol. The normalized spacial score (nSPS) is 16.1. The van der Waals surface area contributed by atoms with E-state index >= 15 is 0 Å². The van der Waals surface area contributed by atoms with Gasteiger partial charge in [0.2, 0.25) is 11.8 Å². The molecule has 1 aliphatic carbocycles. The van der Waals surface area contributed by atoms with Gasteiger partial charge in [-0.3, -0.25) is 14.4 Å². The van der Waals surface area contributed by atoms with E-state index in [9.17, 15) is 14.4 Å². The molecule has 1 aliphatic rings. The van der Waals surface area contributed by atoms with E-state index in [2.05, 4.69) is 10.6 Å². The van der Waals surface area contributed by atoms with Crippen molar-refractivity contribution in [2.24, 2.45) is 11.3 Å². The molecule has 1 saturated carbocycles. The molecule has 0 heterocycles. The summed E-state index contributed by atoms with van der Waals surface area (Å²) in [5, 5.41) is 14.2. The second-order valence-corrected chi connectivity index (χ2v) is 6.77. The van der Waals surface area contributed by atoms with Gasteiger partial charge in [0, 0.05) is 13.0 Å². The van der Waals surface area contributed by atoms with Crippen LogP contribution in [0, 0.1) is 11.3 Å². The number of nitrogens with one attached hydrogen (secondary N) is 2. The molecule has 6 nitrogen and oxygen atoms in total. The van der Waals surface area contributed by atoms with Crippen molar-refractivity contribution in [3.8, 4) is 0 Å². The van der Waals surface area contributed by atoms with E-state index in [0.29, 0.717) is 18.8 Å². The molecule has 1 fully saturated rings. The molecule has 0 spiro atoms. The Labute approximate surface area is 132 Å². The Balaban J connectivity index is 2.14. The maximum absolute atomic E-state index is 11.8. The Morgan fingerprint density at radius 3 is 2.27 bits per heavy atom. The molecule has 0 bridgehead atoms. The fourth-order valence-corrected chi connectivity index (χ4v) is 2.59. The molecule has 2 amide bonds. The van der Waals surface area contributed by atoms with Gasteiger partial charge < -0.3 is 15.7 Å². The molecule has 0 aromatic heterocycles. The molecule has 0 aromatic carbocycles. The van der Waals surface area contributed by atoms with Crippen molar-refractivity contribution in [3.05, 3.63) is 0 Å². The summed E-state index contributed by atoms with van der Waals surface area (Å²) >= 11 is 0. The number of hydrogen-bond donors (Lipinski definition) is 3. The topological polar surface area (TPSA) is 95.5 Å². The molecule has 0 saturated heterocycles. The summed E-state index contributed by atoms with van der Waals surface area (Å²) in [7, 11) is 0. The van der Waals surface area contributed by atoms with Crippen LogP contribution in [-0.4, -0.2) is 36.0 Å². The van der Waals surface area contributed by atoms with Gasteiger partial charge in [-0.25, -0.2) is 0 Å². The van der Waals surface area contributed by atoms with Crippen LogP contribution in [0.25, 0.3) is 0 Å². The predicted molar refractivity (Wildman–Crippen MR) is 83.2 cm³/mol. The van der Waals surface area contributed by atoms with E-state index in [1.54, 1.807) is 13.8 Å². The van der Waals surface area contributed by atoms with Crippen molar-refractivity contribution >= 4 is 17.8 Å². The van der Waals surface area contributed by atoms with E-state index in [1.165, 1.54) is 19.3 Å². The quantitative estimate of drug-likeness (QED) is 0.635. The average Bonchev–Trinajstić information content (AvgIpc) is 2.46. The van der Waals surface area contributed by atoms with Gasteiger partial charge in [-0.05, 0) is 39.0 Å². The molecule has 22 heavy (non-hydrogen) atoms. The van der Waals surface area contributed by atoms with Crippen molar-refractivity contribution < 1.29 is 19.5 Å². The van der Waals surface area contributed by atoms with Crippen LogP contribution in [0.1, 0.15) is 58.8 Å². The predicted octanol–water partition coefficient (Wildman–Crippen LogP) is 1.69. The molecule has 0 aliphatic heterocycles. The third-order valence-electron chi connectivity index (χ3n) is 4.30. The summed E-state index contributed by atoms with van der Waals surface area (Å²) in [4.78, 5) is 34.3. The Bertz CT molecular complexity index is 401. The van der Waals surface area contributed by atoms with Gasteiger partial charge in [-0.2, -0.15) is 0 Å². The van der Waals surface area contributed by atoms with Crippen LogP contribution in [0.4, 0.5) is 0 Å². The Kier molecular flexibility index (Phi) is 7.35. The molecule has 1 rings (SSSR count). The van der Waals surface area contributed by atoms with Gasteiger partial charge in [-0.1, -0.05) is 19.3 Å². The molecule has 0 atom stereocenters. The minimum atomic E-state index is -0.887. The van der Waals surface area contributed by atoms with Gasteiger partial charge in [0.15, 0.2) is 0 Å². The first kappa shape index (κ1) is 18.5. The van der Waals surface area contributed by atoms with Crippen LogP contribution >= 0.6 is 0 Å². The van der Waals surface area contributed by atoms with Crippen LogP contribution in [0.15, 0.2) is 0 Å². The zero-order chi connectivity index (χ0) is 16.6. The first-order chi connectivity index (χ1) is 10.3. The van der Waals surface area contributed by atoms with Gasteiger partial charge in [0.25, 0.3) is 0 Å². The van der Waals surface area contributed by atoms with E-state index in [4.69, 9.17) is 5.11 Å². The molecule has 0 aromatic rings. The van der Waals surface area contributed by atoms with Gasteiger partial charge >= 0.3 is 5.97 Å². The Morgan fingerprint density at radius 1 is 1.05 bits per heavy atom. The summed E-state index contributed by atoms with van der Waals surface area (Å²) < 4.78 is 0. The molecule has 6 heteroatoms. The summed E-state index contributed by atoms with van der Waals surface area (Å²) in [6, 6.07) is 0. The maximum atomic E-state index is 11.8. The van der Waals surface area contributed by atoms with E-state index < -0.39 is 11.4 Å². The minimum Gasteiger partial charge on any atom is -0.481 e. The third kappa shape index (κ3) is 6.91. The summed E-state index contributed by atoms with van der Waals surface area (Å²) in [6.07, 6.45) is 6.69. The van der Waals surface area contributed by atoms with Crippen LogP contribution in [0.5, 0.6) is 0 Å². The van der Waals surface area contributed by atoms with E-state index in [0.717, 1.165) is 12.8 Å². The third-order valence-corrected chi connectivity index (χ3v) is 4.30. The lowest BCUT2D eigenvalue weighted by Crippen LogP contribution is -2.39. The fourth-order valence-electron chi connectivity index (χ4n) is 2.59. The van der Waals surface area contributed by atoms with Crippen LogP contribution in [-0.2, 0) is 14.4 Å². The number of hydrogen-bond acceptors (Lipinski definition) is 3. The average molecular weight is 312 g/mol. The van der Waals surface area contributed by atoms with Crippen molar-refractivity contribution in [2.45, 2.75) is 58.8 Å². The smallest absolute Gasteiger partial charge is 0.309 e. The second-order valence-electron chi connectivity index (χ2n) is 6.77. The number of amides is 2. The lowest BCUT2D eigenvalue weighted by Gasteiger charge is -2.21. The lowest BCUT2D eigenvalue weighted by atomic mass is 9.87. The summed E-state index contributed by atoms with van der Waals surface area (Å²) in [5.74, 6) is -0.790. The highest BCUT2D eigenvalue weighted by atomic mass is 16.4. The number of carboxylic acid groups (broad SMARTS) is 1. The largest absolute Gasteiger partial charge is 0.481 e. The highest BCUT2D eigenvalue weighted by Gasteiger charge is 2.26. The number of aliphatic carboxylic acids is 1. The zero-order valence-electron chi connectivity index (χ0n) is 13.6. The van der Waals surface area contributed by atoms with Crippen molar-refractivity contribution in [3.63, 3.8) is 0 Å². The van der Waals surface area contributed by atoms with Crippen LogP contribution in [0.3, 0.4) is 0 Å². The Hall–Kier alpha value is -1.59. The lowest BCUT2D eigenvalue weighted by molar-refractivity contribution is -0.147. The highest BCUT2D eigenvalue weighted by Crippen LogP contribution is 2.26. The first-order valence-electron chi connectivity index (χ1n) is 8.08. The second kappa shape index (κ2) is 8.76. The molecule has 0 unspecified atom stereocenters. The van der Waals surface area contributed by atoms with Crippen LogP contribution < -0.4 is 10.6 Å². The highest BCUT2D eigenvalue weighted by molar-refractivity contribution is 5.84. The number of carbonyl (C=O) groups excluding carboxylic acids is 2. The van der Waals surface area contributed by atoms with Crippen molar-refractivity contribution in [2.75, 3.05) is 13.1 Å². The Morgan fingerprint density at radius 2 is 1.68 bits per heavy atom. The molecule has 3 N–H and O–H groups in total. The number of carboxylic acids is 1. The SMILES string of the molecule is CC(C)(CCNC(=O)CNC(=O)CC1CCCCC1)C(=O)O. The van der Waals surface area contributed by atoms with E-state index in [-0.39, 0.29) is 24.9 Å². The number of rotatable bonds is 8. The molecular formula is C16H28N2O4. The molecule has 0 radical (unpaired) electrons. The van der Waals surface area contributed by atoms with Crippen molar-refractivity contribution in [1.29, 1.82) is 0 Å². The van der Waals surface area contributed by atoms with Crippen LogP contribution in [0.2, 0.25) is 0 Å². The first-order valence-corrected chi connectivity index (χ1v) is 8.08. The zero-order valence-corrected chi connectivity index (χ0v) is 13.6. The van der Waals surface area contributed by atoms with Gasteiger partial charge in [0.05, 0.1) is 12.0 Å². The van der Waals surface area contributed by atoms with Gasteiger partial charge in [-0.15, -0.1) is 0 Å². The molecular weight excluding hydrogens is 284 g/mol. The maximum Gasteiger partial charge on any atom is 0.309 e. The fraction of sp³-hybridized carbons (Fsp3) is 0.812. The number of carbonyl (C=O) groups is 3.